The van der Waals surface area contributed by atoms with Gasteiger partial charge in [0, 0.05) is 31.7 Å². The van der Waals surface area contributed by atoms with E-state index in [4.69, 9.17) is 16.3 Å². The van der Waals surface area contributed by atoms with Gasteiger partial charge < -0.3 is 9.64 Å². The molecule has 1 amide bonds. The number of ether oxygens (including phenoxy) is 1. The third-order valence-corrected chi connectivity index (χ3v) is 7.38. The summed E-state index contributed by atoms with van der Waals surface area (Å²) in [6.45, 7) is 7.00. The van der Waals surface area contributed by atoms with Crippen molar-refractivity contribution < 1.29 is 17.9 Å². The lowest BCUT2D eigenvalue weighted by Crippen LogP contribution is -2.48. The van der Waals surface area contributed by atoms with Crippen molar-refractivity contribution in [3.8, 4) is 0 Å². The van der Waals surface area contributed by atoms with Crippen molar-refractivity contribution in [3.05, 3.63) is 64.7 Å². The van der Waals surface area contributed by atoms with Crippen molar-refractivity contribution >= 4 is 27.5 Å². The van der Waals surface area contributed by atoms with E-state index in [2.05, 4.69) is 0 Å². The summed E-state index contributed by atoms with van der Waals surface area (Å²) >= 11 is 6.26. The first-order chi connectivity index (χ1) is 14.2. The van der Waals surface area contributed by atoms with E-state index in [-0.39, 0.29) is 41.1 Å². The molecule has 2 aromatic carbocycles. The van der Waals surface area contributed by atoms with Gasteiger partial charge in [-0.2, -0.15) is 4.31 Å². The zero-order valence-electron chi connectivity index (χ0n) is 17.4. The summed E-state index contributed by atoms with van der Waals surface area (Å²) < 4.78 is 33.6. The normalized spacial score (nSPS) is 20.1. The predicted molar refractivity (Wildman–Crippen MR) is 117 cm³/mol. The Labute approximate surface area is 183 Å². The molecule has 2 atom stereocenters. The molecule has 1 saturated heterocycles. The first-order valence-electron chi connectivity index (χ1n) is 10.0. The molecule has 0 spiro atoms. The summed E-state index contributed by atoms with van der Waals surface area (Å²) in [5, 5.41) is 0.101. The predicted octanol–water partition coefficient (Wildman–Crippen LogP) is 3.80. The Bertz CT molecular complexity index is 987. The zero-order valence-corrected chi connectivity index (χ0v) is 19.0. The van der Waals surface area contributed by atoms with Crippen molar-refractivity contribution in [2.45, 2.75) is 44.4 Å². The molecule has 8 heteroatoms. The SMILES string of the molecule is CCN(Cc1ccccc1)C(=O)c1ccc(Cl)c(S(=O)(=O)N2C[C@H](C)O[C@@H](C)C2)c1. The molecule has 1 aliphatic heterocycles. The number of hydrogen-bond donors (Lipinski definition) is 0. The van der Waals surface area contributed by atoms with E-state index in [1.807, 2.05) is 51.1 Å². The molecule has 2 aromatic rings. The summed E-state index contributed by atoms with van der Waals surface area (Å²) in [7, 11) is -3.86. The number of hydrogen-bond acceptors (Lipinski definition) is 4. The van der Waals surface area contributed by atoms with Crippen LogP contribution < -0.4 is 0 Å². The van der Waals surface area contributed by atoms with Crippen LogP contribution in [-0.4, -0.2) is 55.4 Å². The van der Waals surface area contributed by atoms with Gasteiger partial charge in [0.05, 0.1) is 17.2 Å². The van der Waals surface area contributed by atoms with E-state index < -0.39 is 10.0 Å². The second kappa shape index (κ2) is 9.47. The van der Waals surface area contributed by atoms with Gasteiger partial charge in [-0.05, 0) is 44.5 Å². The van der Waals surface area contributed by atoms with Crippen LogP contribution in [0.25, 0.3) is 0 Å². The number of halogens is 1. The number of morpholine rings is 1. The van der Waals surface area contributed by atoms with Crippen LogP contribution in [0.15, 0.2) is 53.4 Å². The summed E-state index contributed by atoms with van der Waals surface area (Å²) in [5.74, 6) is -0.238. The molecule has 162 valence electrons. The summed E-state index contributed by atoms with van der Waals surface area (Å²) in [5.41, 5.74) is 1.30. The van der Waals surface area contributed by atoms with Crippen molar-refractivity contribution in [1.82, 2.24) is 9.21 Å². The minimum Gasteiger partial charge on any atom is -0.373 e. The fraction of sp³-hybridized carbons (Fsp3) is 0.409. The van der Waals surface area contributed by atoms with Gasteiger partial charge in [-0.15, -0.1) is 0 Å². The average Bonchev–Trinajstić information content (AvgIpc) is 2.71. The maximum atomic E-state index is 13.3. The molecule has 0 aliphatic carbocycles. The fourth-order valence-corrected chi connectivity index (χ4v) is 5.70. The van der Waals surface area contributed by atoms with Crippen molar-refractivity contribution in [2.24, 2.45) is 0 Å². The third kappa shape index (κ3) is 5.03. The van der Waals surface area contributed by atoms with Gasteiger partial charge in [-0.1, -0.05) is 41.9 Å². The van der Waals surface area contributed by atoms with E-state index in [1.165, 1.54) is 16.4 Å². The number of sulfonamides is 1. The van der Waals surface area contributed by atoms with E-state index in [0.717, 1.165) is 5.56 Å². The summed E-state index contributed by atoms with van der Waals surface area (Å²) in [6.07, 6.45) is -0.429. The zero-order chi connectivity index (χ0) is 21.9. The minimum atomic E-state index is -3.86. The molecular weight excluding hydrogens is 424 g/mol. The number of benzene rings is 2. The highest BCUT2D eigenvalue weighted by Gasteiger charge is 2.34. The average molecular weight is 451 g/mol. The van der Waals surface area contributed by atoms with Crippen LogP contribution >= 0.6 is 11.6 Å². The number of amides is 1. The van der Waals surface area contributed by atoms with Crippen LogP contribution in [0, 0.1) is 0 Å². The van der Waals surface area contributed by atoms with Gasteiger partial charge in [0.25, 0.3) is 5.91 Å². The minimum absolute atomic E-state index is 0.0490. The van der Waals surface area contributed by atoms with Gasteiger partial charge in [-0.3, -0.25) is 4.79 Å². The molecule has 0 aromatic heterocycles. The molecule has 0 saturated carbocycles. The Balaban J connectivity index is 1.89. The highest BCUT2D eigenvalue weighted by molar-refractivity contribution is 7.89. The van der Waals surface area contributed by atoms with Gasteiger partial charge in [0.15, 0.2) is 0 Å². The van der Waals surface area contributed by atoms with Crippen molar-refractivity contribution in [2.75, 3.05) is 19.6 Å². The van der Waals surface area contributed by atoms with Crippen LogP contribution in [0.3, 0.4) is 0 Å². The maximum Gasteiger partial charge on any atom is 0.254 e. The molecule has 30 heavy (non-hydrogen) atoms. The largest absolute Gasteiger partial charge is 0.373 e. The van der Waals surface area contributed by atoms with E-state index in [9.17, 15) is 13.2 Å². The van der Waals surface area contributed by atoms with Gasteiger partial charge >= 0.3 is 0 Å². The van der Waals surface area contributed by atoms with Crippen LogP contribution in [-0.2, 0) is 21.3 Å². The topological polar surface area (TPSA) is 66.9 Å². The number of carbonyl (C=O) groups is 1. The van der Waals surface area contributed by atoms with Gasteiger partial charge in [0.2, 0.25) is 10.0 Å². The second-order valence-electron chi connectivity index (χ2n) is 7.53. The molecule has 1 fully saturated rings. The van der Waals surface area contributed by atoms with E-state index in [1.54, 1.807) is 11.0 Å². The van der Waals surface area contributed by atoms with Crippen LogP contribution in [0.1, 0.15) is 36.7 Å². The first-order valence-corrected chi connectivity index (χ1v) is 11.8. The summed E-state index contributed by atoms with van der Waals surface area (Å²) in [6, 6.07) is 14.1. The van der Waals surface area contributed by atoms with Crippen LogP contribution in [0.5, 0.6) is 0 Å². The van der Waals surface area contributed by atoms with Crippen molar-refractivity contribution in [1.29, 1.82) is 0 Å². The monoisotopic (exact) mass is 450 g/mol. The lowest BCUT2D eigenvalue weighted by molar-refractivity contribution is -0.0440. The molecule has 0 bridgehead atoms. The molecule has 3 rings (SSSR count). The Morgan fingerprint density at radius 1 is 1.13 bits per heavy atom. The Morgan fingerprint density at radius 3 is 2.37 bits per heavy atom. The number of carbonyl (C=O) groups excluding carboxylic acids is 1. The lowest BCUT2D eigenvalue weighted by atomic mass is 10.1. The van der Waals surface area contributed by atoms with Crippen molar-refractivity contribution in [3.63, 3.8) is 0 Å². The highest BCUT2D eigenvalue weighted by Crippen LogP contribution is 2.28. The van der Waals surface area contributed by atoms with E-state index in [0.29, 0.717) is 18.7 Å². The highest BCUT2D eigenvalue weighted by atomic mass is 35.5. The van der Waals surface area contributed by atoms with Crippen LogP contribution in [0.2, 0.25) is 5.02 Å². The smallest absolute Gasteiger partial charge is 0.254 e. The number of nitrogens with zero attached hydrogens (tertiary/aromatic N) is 2. The molecule has 1 aliphatic rings. The fourth-order valence-electron chi connectivity index (χ4n) is 3.61. The standard InChI is InChI=1S/C22H27ClN2O4S/c1-4-24(15-18-8-6-5-7-9-18)22(26)19-10-11-20(23)21(12-19)30(27,28)25-13-16(2)29-17(3)14-25/h5-12,16-17H,4,13-15H2,1-3H3/t16-,17-/m0/s1. The Kier molecular flexibility index (Phi) is 7.18. The third-order valence-electron chi connectivity index (χ3n) is 5.07. The quantitative estimate of drug-likeness (QED) is 0.671. The molecular formula is C22H27ClN2O4S. The maximum absolute atomic E-state index is 13.3. The van der Waals surface area contributed by atoms with Gasteiger partial charge in [-0.25, -0.2) is 8.42 Å². The molecule has 0 N–H and O–H groups in total. The second-order valence-corrected chi connectivity index (χ2v) is 9.84. The Morgan fingerprint density at radius 2 is 1.77 bits per heavy atom. The van der Waals surface area contributed by atoms with Crippen LogP contribution in [0.4, 0.5) is 0 Å². The van der Waals surface area contributed by atoms with Gasteiger partial charge in [0.1, 0.15) is 4.90 Å². The van der Waals surface area contributed by atoms with E-state index >= 15 is 0 Å². The first kappa shape index (κ1) is 22.7. The molecule has 0 unspecified atom stereocenters. The Hall–Kier alpha value is -1.93. The molecule has 6 nitrogen and oxygen atoms in total. The molecule has 1 heterocycles. The molecule has 0 radical (unpaired) electrons. The summed E-state index contributed by atoms with van der Waals surface area (Å²) in [4.78, 5) is 14.7. The lowest BCUT2D eigenvalue weighted by Gasteiger charge is -2.34. The number of rotatable bonds is 6.